The standard InChI is InChI=1S/C10H10ClF2NO2/c1-3-16-10(15)8-5(2)14-7(9(12)13)4-6(8)11/h4,9H,3H2,1-2H3. The van der Waals surface area contributed by atoms with E-state index < -0.39 is 18.1 Å². The zero-order chi connectivity index (χ0) is 12.3. The summed E-state index contributed by atoms with van der Waals surface area (Å²) in [7, 11) is 0. The molecule has 1 aromatic heterocycles. The second kappa shape index (κ2) is 5.21. The topological polar surface area (TPSA) is 39.2 Å². The average molecular weight is 250 g/mol. The fourth-order valence-electron chi connectivity index (χ4n) is 1.22. The Hall–Kier alpha value is -1.23. The van der Waals surface area contributed by atoms with Crippen LogP contribution < -0.4 is 0 Å². The van der Waals surface area contributed by atoms with Gasteiger partial charge in [0.05, 0.1) is 22.9 Å². The number of carbonyl (C=O) groups excluding carboxylic acids is 1. The Morgan fingerprint density at radius 3 is 2.69 bits per heavy atom. The Labute approximate surface area is 96.4 Å². The molecule has 88 valence electrons. The molecule has 0 amide bonds. The van der Waals surface area contributed by atoms with Crippen molar-refractivity contribution in [3.8, 4) is 0 Å². The summed E-state index contributed by atoms with van der Waals surface area (Å²) in [4.78, 5) is 15.0. The Balaban J connectivity index is 3.17. The van der Waals surface area contributed by atoms with Crippen LogP contribution in [0.5, 0.6) is 0 Å². The number of aryl methyl sites for hydroxylation is 1. The lowest BCUT2D eigenvalue weighted by Crippen LogP contribution is -2.10. The number of pyridine rings is 1. The smallest absolute Gasteiger partial charge is 0.341 e. The lowest BCUT2D eigenvalue weighted by Gasteiger charge is -2.09. The average Bonchev–Trinajstić information content (AvgIpc) is 2.16. The van der Waals surface area contributed by atoms with Gasteiger partial charge in [-0.25, -0.2) is 13.6 Å². The van der Waals surface area contributed by atoms with Gasteiger partial charge in [-0.15, -0.1) is 0 Å². The predicted octanol–water partition coefficient (Wildman–Crippen LogP) is 3.16. The first-order valence-electron chi connectivity index (χ1n) is 4.59. The van der Waals surface area contributed by atoms with Gasteiger partial charge in [-0.3, -0.25) is 4.98 Å². The summed E-state index contributed by atoms with van der Waals surface area (Å²) in [6.45, 7) is 3.26. The third-order valence-electron chi connectivity index (χ3n) is 1.88. The minimum absolute atomic E-state index is 0.0351. The van der Waals surface area contributed by atoms with Crippen LogP contribution in [0.15, 0.2) is 6.07 Å². The van der Waals surface area contributed by atoms with E-state index in [1.54, 1.807) is 6.92 Å². The molecule has 1 aromatic rings. The number of hydrogen-bond acceptors (Lipinski definition) is 3. The van der Waals surface area contributed by atoms with Gasteiger partial charge in [0.1, 0.15) is 5.69 Å². The third-order valence-corrected chi connectivity index (χ3v) is 2.17. The number of nitrogens with zero attached hydrogens (tertiary/aromatic N) is 1. The minimum Gasteiger partial charge on any atom is -0.462 e. The number of aromatic nitrogens is 1. The van der Waals surface area contributed by atoms with Crippen LogP contribution in [0, 0.1) is 6.92 Å². The van der Waals surface area contributed by atoms with Gasteiger partial charge in [0.2, 0.25) is 0 Å². The van der Waals surface area contributed by atoms with Crippen LogP contribution in [0.2, 0.25) is 5.02 Å². The Morgan fingerprint density at radius 2 is 2.25 bits per heavy atom. The summed E-state index contributed by atoms with van der Waals surface area (Å²) in [5, 5.41) is -0.0683. The lowest BCUT2D eigenvalue weighted by molar-refractivity contribution is 0.0524. The number of halogens is 3. The summed E-state index contributed by atoms with van der Waals surface area (Å²) in [5.41, 5.74) is -0.273. The highest BCUT2D eigenvalue weighted by atomic mass is 35.5. The predicted molar refractivity (Wildman–Crippen MR) is 54.9 cm³/mol. The number of ether oxygens (including phenoxy) is 1. The second-order valence-corrected chi connectivity index (χ2v) is 3.42. The van der Waals surface area contributed by atoms with Crippen molar-refractivity contribution in [2.24, 2.45) is 0 Å². The fourth-order valence-corrected chi connectivity index (χ4v) is 1.54. The van der Waals surface area contributed by atoms with Crippen molar-refractivity contribution in [1.29, 1.82) is 0 Å². The van der Waals surface area contributed by atoms with Crippen molar-refractivity contribution in [2.75, 3.05) is 6.61 Å². The molecular formula is C10H10ClF2NO2. The first-order chi connectivity index (χ1) is 7.47. The number of esters is 1. The zero-order valence-electron chi connectivity index (χ0n) is 8.76. The molecule has 0 N–H and O–H groups in total. The molecule has 1 heterocycles. The molecule has 0 aliphatic carbocycles. The van der Waals surface area contributed by atoms with E-state index >= 15 is 0 Å². The van der Waals surface area contributed by atoms with Crippen LogP contribution in [-0.4, -0.2) is 17.6 Å². The van der Waals surface area contributed by atoms with Crippen molar-refractivity contribution in [3.63, 3.8) is 0 Å². The highest BCUT2D eigenvalue weighted by Gasteiger charge is 2.19. The summed E-state index contributed by atoms with van der Waals surface area (Å²) < 4.78 is 29.5. The van der Waals surface area contributed by atoms with Crippen LogP contribution >= 0.6 is 11.6 Å². The number of alkyl halides is 2. The lowest BCUT2D eigenvalue weighted by atomic mass is 10.2. The van der Waals surface area contributed by atoms with E-state index in [0.29, 0.717) is 0 Å². The van der Waals surface area contributed by atoms with Gasteiger partial charge in [-0.1, -0.05) is 11.6 Å². The largest absolute Gasteiger partial charge is 0.462 e. The van der Waals surface area contributed by atoms with E-state index in [1.165, 1.54) is 6.92 Å². The molecule has 6 heteroatoms. The molecule has 0 fully saturated rings. The fraction of sp³-hybridized carbons (Fsp3) is 0.400. The Kier molecular flexibility index (Phi) is 4.18. The minimum atomic E-state index is -2.72. The maximum absolute atomic E-state index is 12.4. The quantitative estimate of drug-likeness (QED) is 0.773. The van der Waals surface area contributed by atoms with Crippen LogP contribution in [-0.2, 0) is 4.74 Å². The van der Waals surface area contributed by atoms with Gasteiger partial charge in [0.15, 0.2) is 0 Å². The summed E-state index contributed by atoms with van der Waals surface area (Å²) in [6, 6.07) is 0.978. The molecular weight excluding hydrogens is 240 g/mol. The zero-order valence-corrected chi connectivity index (χ0v) is 9.52. The summed E-state index contributed by atoms with van der Waals surface area (Å²) in [6.07, 6.45) is -2.72. The van der Waals surface area contributed by atoms with E-state index in [0.717, 1.165) is 6.07 Å². The molecule has 0 spiro atoms. The Morgan fingerprint density at radius 1 is 1.62 bits per heavy atom. The molecule has 0 saturated heterocycles. The molecule has 0 aliphatic heterocycles. The van der Waals surface area contributed by atoms with Gasteiger partial charge >= 0.3 is 5.97 Å². The van der Waals surface area contributed by atoms with Gasteiger partial charge in [-0.2, -0.15) is 0 Å². The van der Waals surface area contributed by atoms with E-state index in [4.69, 9.17) is 16.3 Å². The van der Waals surface area contributed by atoms with E-state index in [9.17, 15) is 13.6 Å². The van der Waals surface area contributed by atoms with Crippen LogP contribution in [0.4, 0.5) is 8.78 Å². The summed E-state index contributed by atoms with van der Waals surface area (Å²) >= 11 is 5.74. The van der Waals surface area contributed by atoms with E-state index in [-0.39, 0.29) is 22.9 Å². The van der Waals surface area contributed by atoms with Crippen molar-refractivity contribution in [2.45, 2.75) is 20.3 Å². The number of hydrogen-bond donors (Lipinski definition) is 0. The van der Waals surface area contributed by atoms with Gasteiger partial charge in [0.25, 0.3) is 6.43 Å². The van der Waals surface area contributed by atoms with Crippen LogP contribution in [0.25, 0.3) is 0 Å². The highest BCUT2D eigenvalue weighted by molar-refractivity contribution is 6.33. The molecule has 0 bridgehead atoms. The molecule has 0 aromatic carbocycles. The first kappa shape index (κ1) is 12.8. The molecule has 0 radical (unpaired) electrons. The second-order valence-electron chi connectivity index (χ2n) is 3.01. The molecule has 0 atom stereocenters. The SMILES string of the molecule is CCOC(=O)c1c(Cl)cc(C(F)F)nc1C. The van der Waals surface area contributed by atoms with Crippen molar-refractivity contribution in [3.05, 3.63) is 28.0 Å². The normalized spacial score (nSPS) is 10.6. The number of carbonyl (C=O) groups is 1. The van der Waals surface area contributed by atoms with Crippen LogP contribution in [0.3, 0.4) is 0 Å². The van der Waals surface area contributed by atoms with E-state index in [1.807, 2.05) is 0 Å². The highest BCUT2D eigenvalue weighted by Crippen LogP contribution is 2.25. The third kappa shape index (κ3) is 2.66. The molecule has 0 unspecified atom stereocenters. The van der Waals surface area contributed by atoms with Crippen molar-refractivity contribution < 1.29 is 18.3 Å². The Bertz CT molecular complexity index is 387. The van der Waals surface area contributed by atoms with Crippen molar-refractivity contribution >= 4 is 17.6 Å². The number of rotatable bonds is 3. The summed E-state index contributed by atoms with van der Waals surface area (Å²) in [5.74, 6) is -0.654. The van der Waals surface area contributed by atoms with Gasteiger partial charge < -0.3 is 4.74 Å². The maximum Gasteiger partial charge on any atom is 0.341 e. The van der Waals surface area contributed by atoms with E-state index in [2.05, 4.69) is 4.98 Å². The molecule has 0 aliphatic rings. The molecule has 1 rings (SSSR count). The van der Waals surface area contributed by atoms with Crippen LogP contribution in [0.1, 0.15) is 35.1 Å². The van der Waals surface area contributed by atoms with Crippen molar-refractivity contribution in [1.82, 2.24) is 4.98 Å². The van der Waals surface area contributed by atoms with Gasteiger partial charge in [0, 0.05) is 0 Å². The monoisotopic (exact) mass is 249 g/mol. The first-order valence-corrected chi connectivity index (χ1v) is 4.97. The van der Waals surface area contributed by atoms with Gasteiger partial charge in [-0.05, 0) is 19.9 Å². The maximum atomic E-state index is 12.4. The molecule has 3 nitrogen and oxygen atoms in total. The molecule has 0 saturated carbocycles. The molecule has 16 heavy (non-hydrogen) atoms.